The van der Waals surface area contributed by atoms with E-state index in [4.69, 9.17) is 4.74 Å². The van der Waals surface area contributed by atoms with Crippen LogP contribution in [0.5, 0.6) is 5.75 Å². The van der Waals surface area contributed by atoms with E-state index in [1.807, 2.05) is 79.9 Å². The van der Waals surface area contributed by atoms with Crippen molar-refractivity contribution in [2.75, 3.05) is 23.0 Å². The first kappa shape index (κ1) is 32.2. The van der Waals surface area contributed by atoms with Crippen molar-refractivity contribution in [3.05, 3.63) is 131 Å². The van der Waals surface area contributed by atoms with Crippen molar-refractivity contribution in [3.63, 3.8) is 0 Å². The van der Waals surface area contributed by atoms with Gasteiger partial charge in [-0.15, -0.1) is 23.1 Å². The number of aryl methyl sites for hydroxylation is 1. The third-order valence-electron chi connectivity index (χ3n) is 6.63. The number of para-hydroxylation sites is 1. The number of hydrogen-bond donors (Lipinski definition) is 3. The topological polar surface area (TPSA) is 109 Å². The number of ether oxygens (including phenoxy) is 1. The first-order chi connectivity index (χ1) is 22.4. The molecular weight excluding hydrogens is 617 g/mol. The second-order valence-electron chi connectivity index (χ2n) is 10.1. The van der Waals surface area contributed by atoms with Crippen molar-refractivity contribution < 1.29 is 19.1 Å². The van der Waals surface area contributed by atoms with Crippen LogP contribution in [-0.2, 0) is 9.59 Å². The van der Waals surface area contributed by atoms with E-state index in [1.165, 1.54) is 28.7 Å². The zero-order valence-electron chi connectivity index (χ0n) is 25.3. The maximum atomic E-state index is 13.4. The lowest BCUT2D eigenvalue weighted by Gasteiger charge is -2.13. The van der Waals surface area contributed by atoms with Gasteiger partial charge in [0.15, 0.2) is 5.13 Å². The number of carbonyl (C=O) groups is 3. The molecule has 1 heterocycles. The third-order valence-corrected chi connectivity index (χ3v) is 8.40. The van der Waals surface area contributed by atoms with Crippen LogP contribution >= 0.6 is 23.1 Å². The van der Waals surface area contributed by atoms with E-state index >= 15 is 0 Å². The van der Waals surface area contributed by atoms with Crippen LogP contribution < -0.4 is 20.7 Å². The van der Waals surface area contributed by atoms with Crippen LogP contribution in [0, 0.1) is 6.92 Å². The Hall–Kier alpha value is -5.19. The van der Waals surface area contributed by atoms with Crippen molar-refractivity contribution >= 4 is 57.7 Å². The van der Waals surface area contributed by atoms with Gasteiger partial charge in [0, 0.05) is 32.7 Å². The molecular formula is C36H32N4O4S2. The lowest BCUT2D eigenvalue weighted by atomic mass is 10.1. The number of thioether (sulfide) groups is 1. The molecule has 0 saturated heterocycles. The van der Waals surface area contributed by atoms with Crippen LogP contribution in [0.1, 0.15) is 28.4 Å². The molecule has 0 unspecified atom stereocenters. The lowest BCUT2D eigenvalue weighted by Crippen LogP contribution is -2.30. The second kappa shape index (κ2) is 15.7. The first-order valence-corrected chi connectivity index (χ1v) is 16.4. The molecule has 1 aromatic heterocycles. The molecule has 0 fully saturated rings. The molecule has 8 nitrogen and oxygen atoms in total. The van der Waals surface area contributed by atoms with Gasteiger partial charge in [-0.25, -0.2) is 4.98 Å². The highest BCUT2D eigenvalue weighted by atomic mass is 32.2. The first-order valence-electron chi connectivity index (χ1n) is 14.5. The zero-order valence-corrected chi connectivity index (χ0v) is 26.9. The van der Waals surface area contributed by atoms with E-state index in [1.54, 1.807) is 48.5 Å². The predicted molar refractivity (Wildman–Crippen MR) is 186 cm³/mol. The molecule has 0 saturated carbocycles. The number of benzene rings is 4. The number of nitrogens with zero attached hydrogens (tertiary/aromatic N) is 1. The highest BCUT2D eigenvalue weighted by molar-refractivity contribution is 8.00. The Morgan fingerprint density at radius 1 is 0.870 bits per heavy atom. The molecule has 0 radical (unpaired) electrons. The van der Waals surface area contributed by atoms with Crippen LogP contribution in [0.4, 0.5) is 10.8 Å². The molecule has 0 spiro atoms. The summed E-state index contributed by atoms with van der Waals surface area (Å²) in [5.74, 6) is -0.281. The molecule has 0 bridgehead atoms. The Balaban J connectivity index is 1.21. The van der Waals surface area contributed by atoms with Gasteiger partial charge in [0.1, 0.15) is 11.4 Å². The Morgan fingerprint density at radius 2 is 1.59 bits per heavy atom. The minimum atomic E-state index is -0.496. The quantitative estimate of drug-likeness (QED) is 0.0947. The van der Waals surface area contributed by atoms with Crippen molar-refractivity contribution in [1.82, 2.24) is 10.3 Å². The highest BCUT2D eigenvalue weighted by Gasteiger charge is 2.16. The lowest BCUT2D eigenvalue weighted by molar-refractivity contribution is -0.114. The van der Waals surface area contributed by atoms with Gasteiger partial charge < -0.3 is 20.7 Å². The van der Waals surface area contributed by atoms with Crippen molar-refractivity contribution in [2.45, 2.75) is 18.7 Å². The van der Waals surface area contributed by atoms with Gasteiger partial charge >= 0.3 is 0 Å². The van der Waals surface area contributed by atoms with E-state index < -0.39 is 11.8 Å². The molecule has 4 aromatic carbocycles. The standard InChI is InChI=1S/C36H32N4O4S2/c1-3-44-32-12-8-7-11-27(32)21-30(38-34(42)26-9-5-4-6-10-26)35(43)37-28-17-19-29(20-18-28)45-23-33(41)40-36-39-31(22-46-36)25-15-13-24(2)14-16-25/h4-22H,3,23H2,1-2H3,(H,37,43)(H,38,42)(H,39,40,41)/b30-21-. The summed E-state index contributed by atoms with van der Waals surface area (Å²) in [6.45, 7) is 4.36. The molecule has 0 aliphatic carbocycles. The van der Waals surface area contributed by atoms with Gasteiger partial charge in [-0.05, 0) is 62.4 Å². The normalized spacial score (nSPS) is 11.0. The average Bonchev–Trinajstić information content (AvgIpc) is 3.54. The fourth-order valence-corrected chi connectivity index (χ4v) is 5.74. The molecule has 0 atom stereocenters. The van der Waals surface area contributed by atoms with Gasteiger partial charge in [-0.3, -0.25) is 14.4 Å². The average molecular weight is 649 g/mol. The molecule has 0 aliphatic heterocycles. The van der Waals surface area contributed by atoms with Crippen LogP contribution in [0.3, 0.4) is 0 Å². The maximum absolute atomic E-state index is 13.4. The Labute approximate surface area is 275 Å². The van der Waals surface area contributed by atoms with E-state index in [9.17, 15) is 14.4 Å². The molecule has 10 heteroatoms. The summed E-state index contributed by atoms with van der Waals surface area (Å²) in [4.78, 5) is 44.4. The van der Waals surface area contributed by atoms with Crippen molar-refractivity contribution in [2.24, 2.45) is 0 Å². The Morgan fingerprint density at radius 3 is 2.33 bits per heavy atom. The summed E-state index contributed by atoms with van der Waals surface area (Å²) in [5.41, 5.74) is 4.66. The van der Waals surface area contributed by atoms with E-state index in [2.05, 4.69) is 20.9 Å². The maximum Gasteiger partial charge on any atom is 0.272 e. The molecule has 5 aromatic rings. The van der Waals surface area contributed by atoms with Gasteiger partial charge in [0.2, 0.25) is 5.91 Å². The summed E-state index contributed by atoms with van der Waals surface area (Å²) in [5, 5.41) is 10.9. The van der Waals surface area contributed by atoms with Gasteiger partial charge in [-0.2, -0.15) is 0 Å². The fourth-order valence-electron chi connectivity index (χ4n) is 4.31. The molecule has 5 rings (SSSR count). The van der Waals surface area contributed by atoms with E-state index in [0.717, 1.165) is 16.2 Å². The number of rotatable bonds is 12. The summed E-state index contributed by atoms with van der Waals surface area (Å²) < 4.78 is 5.71. The van der Waals surface area contributed by atoms with Crippen molar-refractivity contribution in [1.29, 1.82) is 0 Å². The molecule has 3 N–H and O–H groups in total. The molecule has 46 heavy (non-hydrogen) atoms. The van der Waals surface area contributed by atoms with E-state index in [-0.39, 0.29) is 17.4 Å². The largest absolute Gasteiger partial charge is 0.493 e. The van der Waals surface area contributed by atoms with Crippen LogP contribution in [-0.4, -0.2) is 35.1 Å². The predicted octanol–water partition coefficient (Wildman–Crippen LogP) is 7.66. The monoisotopic (exact) mass is 648 g/mol. The number of aromatic nitrogens is 1. The van der Waals surface area contributed by atoms with Gasteiger partial charge in [-0.1, -0.05) is 66.2 Å². The summed E-state index contributed by atoms with van der Waals surface area (Å²) in [6.07, 6.45) is 1.59. The summed E-state index contributed by atoms with van der Waals surface area (Å²) >= 11 is 2.75. The number of amides is 3. The number of thiazole rings is 1. The SMILES string of the molecule is CCOc1ccccc1/C=C(\NC(=O)c1ccccc1)C(=O)Nc1ccc(SCC(=O)Nc2nc(-c3ccc(C)cc3)cs2)cc1. The smallest absolute Gasteiger partial charge is 0.272 e. The second-order valence-corrected chi connectivity index (χ2v) is 12.0. The molecule has 0 aliphatic rings. The summed E-state index contributed by atoms with van der Waals surface area (Å²) in [7, 11) is 0. The Bertz CT molecular complexity index is 1840. The zero-order chi connectivity index (χ0) is 32.3. The Kier molecular flexibility index (Phi) is 11.0. The van der Waals surface area contributed by atoms with E-state index in [0.29, 0.717) is 34.3 Å². The number of anilines is 2. The number of carbonyl (C=O) groups excluding carboxylic acids is 3. The van der Waals surface area contributed by atoms with Crippen LogP contribution in [0.2, 0.25) is 0 Å². The number of nitrogens with one attached hydrogen (secondary N) is 3. The van der Waals surface area contributed by atoms with Crippen molar-refractivity contribution in [3.8, 4) is 17.0 Å². The fraction of sp³-hybridized carbons (Fsp3) is 0.111. The van der Waals surface area contributed by atoms with Gasteiger partial charge in [0.05, 0.1) is 18.1 Å². The highest BCUT2D eigenvalue weighted by Crippen LogP contribution is 2.26. The molecule has 3 amide bonds. The third kappa shape index (κ3) is 8.93. The number of hydrogen-bond acceptors (Lipinski definition) is 7. The van der Waals surface area contributed by atoms with Crippen LogP contribution in [0.25, 0.3) is 17.3 Å². The summed E-state index contributed by atoms with van der Waals surface area (Å²) in [6, 6.07) is 31.2. The molecule has 232 valence electrons. The van der Waals surface area contributed by atoms with Crippen LogP contribution in [0.15, 0.2) is 119 Å². The minimum Gasteiger partial charge on any atom is -0.493 e. The minimum absolute atomic E-state index is 0.0591. The van der Waals surface area contributed by atoms with Gasteiger partial charge in [0.25, 0.3) is 11.8 Å².